The third kappa shape index (κ3) is 4.54. The summed E-state index contributed by atoms with van der Waals surface area (Å²) in [6, 6.07) is 4.79. The molecule has 8 heteroatoms. The average Bonchev–Trinajstić information content (AvgIpc) is 2.55. The van der Waals surface area contributed by atoms with Gasteiger partial charge in [-0.3, -0.25) is 4.79 Å². The van der Waals surface area contributed by atoms with Crippen molar-refractivity contribution < 1.29 is 17.9 Å². The molecule has 1 aromatic carbocycles. The van der Waals surface area contributed by atoms with E-state index in [4.69, 9.17) is 4.74 Å². The van der Waals surface area contributed by atoms with Gasteiger partial charge in [0.25, 0.3) is 5.91 Å². The van der Waals surface area contributed by atoms with Gasteiger partial charge >= 0.3 is 0 Å². The number of likely N-dealkylation sites (N-methyl/N-ethyl adjacent to an activating group) is 1. The van der Waals surface area contributed by atoms with Crippen LogP contribution in [0.4, 0.5) is 0 Å². The van der Waals surface area contributed by atoms with Crippen molar-refractivity contribution in [3.8, 4) is 0 Å². The van der Waals surface area contributed by atoms with Gasteiger partial charge < -0.3 is 15.0 Å². The van der Waals surface area contributed by atoms with Crippen molar-refractivity contribution in [3.05, 3.63) is 29.3 Å². The van der Waals surface area contributed by atoms with E-state index >= 15 is 0 Å². The summed E-state index contributed by atoms with van der Waals surface area (Å²) in [5.41, 5.74) is 0.984. The zero-order valence-electron chi connectivity index (χ0n) is 14.4. The molecule has 7 nitrogen and oxygen atoms in total. The molecule has 1 N–H and O–H groups in total. The molecule has 0 spiro atoms. The molecule has 0 atom stereocenters. The molecule has 1 saturated heterocycles. The van der Waals surface area contributed by atoms with E-state index in [1.165, 1.54) is 10.4 Å². The number of nitrogens with zero attached hydrogens (tertiary/aromatic N) is 2. The van der Waals surface area contributed by atoms with Crippen molar-refractivity contribution in [1.29, 1.82) is 0 Å². The minimum atomic E-state index is -3.62. The molecule has 0 unspecified atom stereocenters. The number of aryl methyl sites for hydroxylation is 1. The molecule has 24 heavy (non-hydrogen) atoms. The summed E-state index contributed by atoms with van der Waals surface area (Å²) in [5.74, 6) is -0.268. The molecule has 0 saturated carbocycles. The highest BCUT2D eigenvalue weighted by Gasteiger charge is 2.28. The van der Waals surface area contributed by atoms with Crippen LogP contribution in [0.1, 0.15) is 15.9 Å². The smallest absolute Gasteiger partial charge is 0.251 e. The molecule has 1 heterocycles. The molecular weight excluding hydrogens is 330 g/mol. The first kappa shape index (κ1) is 18.9. The lowest BCUT2D eigenvalue weighted by Crippen LogP contribution is -2.41. The largest absolute Gasteiger partial charge is 0.379 e. The number of amides is 1. The number of hydrogen-bond acceptors (Lipinski definition) is 5. The maximum atomic E-state index is 12.8. The molecule has 0 aromatic heterocycles. The van der Waals surface area contributed by atoms with Gasteiger partial charge in [-0.15, -0.1) is 0 Å². The summed E-state index contributed by atoms with van der Waals surface area (Å²) in [4.78, 5) is 14.4. The number of ether oxygens (including phenoxy) is 1. The van der Waals surface area contributed by atoms with Crippen LogP contribution in [0.15, 0.2) is 23.1 Å². The zero-order chi connectivity index (χ0) is 17.7. The van der Waals surface area contributed by atoms with Crippen LogP contribution in [0.3, 0.4) is 0 Å². The lowest BCUT2D eigenvalue weighted by molar-refractivity contribution is 0.0730. The topological polar surface area (TPSA) is 79.0 Å². The molecule has 0 radical (unpaired) electrons. The fourth-order valence-corrected chi connectivity index (χ4v) is 4.10. The van der Waals surface area contributed by atoms with Crippen LogP contribution < -0.4 is 5.32 Å². The van der Waals surface area contributed by atoms with E-state index in [0.29, 0.717) is 44.0 Å². The molecule has 0 aliphatic carbocycles. The van der Waals surface area contributed by atoms with Gasteiger partial charge in [-0.25, -0.2) is 8.42 Å². The van der Waals surface area contributed by atoms with Gasteiger partial charge in [-0.1, -0.05) is 6.07 Å². The lowest BCUT2D eigenvalue weighted by atomic mass is 10.1. The molecule has 1 fully saturated rings. The van der Waals surface area contributed by atoms with E-state index in [2.05, 4.69) is 5.32 Å². The van der Waals surface area contributed by atoms with Crippen molar-refractivity contribution in [1.82, 2.24) is 14.5 Å². The summed E-state index contributed by atoms with van der Waals surface area (Å²) in [6.07, 6.45) is 0. The van der Waals surface area contributed by atoms with Crippen LogP contribution in [0.2, 0.25) is 0 Å². The summed E-state index contributed by atoms with van der Waals surface area (Å²) in [6.45, 7) is 4.41. The number of morpholine rings is 1. The zero-order valence-corrected chi connectivity index (χ0v) is 15.2. The van der Waals surface area contributed by atoms with Crippen molar-refractivity contribution in [2.45, 2.75) is 11.8 Å². The van der Waals surface area contributed by atoms with Crippen LogP contribution in [-0.2, 0) is 14.8 Å². The Morgan fingerprint density at radius 1 is 1.29 bits per heavy atom. The van der Waals surface area contributed by atoms with Crippen LogP contribution in [0.25, 0.3) is 0 Å². The van der Waals surface area contributed by atoms with Crippen molar-refractivity contribution >= 4 is 15.9 Å². The third-order valence-corrected chi connectivity index (χ3v) is 5.92. The normalized spacial score (nSPS) is 16.3. The predicted molar refractivity (Wildman–Crippen MR) is 91.6 cm³/mol. The molecule has 134 valence electrons. The van der Waals surface area contributed by atoms with Gasteiger partial charge in [0.2, 0.25) is 10.0 Å². The van der Waals surface area contributed by atoms with Gasteiger partial charge in [0, 0.05) is 31.7 Å². The van der Waals surface area contributed by atoms with Gasteiger partial charge in [0.05, 0.1) is 18.1 Å². The van der Waals surface area contributed by atoms with E-state index in [-0.39, 0.29) is 10.8 Å². The van der Waals surface area contributed by atoms with E-state index in [9.17, 15) is 13.2 Å². The molecule has 1 amide bonds. The summed E-state index contributed by atoms with van der Waals surface area (Å²) in [7, 11) is 0.226. The summed E-state index contributed by atoms with van der Waals surface area (Å²) < 4.78 is 32.3. The van der Waals surface area contributed by atoms with Gasteiger partial charge in [-0.2, -0.15) is 4.31 Å². The Morgan fingerprint density at radius 2 is 1.96 bits per heavy atom. The molecule has 0 bridgehead atoms. The molecular formula is C16H25N3O4S. The highest BCUT2D eigenvalue weighted by atomic mass is 32.2. The van der Waals surface area contributed by atoms with Crippen molar-refractivity contribution in [2.24, 2.45) is 0 Å². The monoisotopic (exact) mass is 355 g/mol. The van der Waals surface area contributed by atoms with E-state index < -0.39 is 10.0 Å². The second-order valence-electron chi connectivity index (χ2n) is 6.06. The standard InChI is InChI=1S/C16H25N3O4S/c1-13-4-5-14(16(20)17-6-7-18(2)3)12-15(13)24(21,22)19-8-10-23-11-9-19/h4-5,12H,6-11H2,1-3H3,(H,17,20). The first-order chi connectivity index (χ1) is 11.3. The quantitative estimate of drug-likeness (QED) is 0.794. The van der Waals surface area contributed by atoms with E-state index in [1.807, 2.05) is 19.0 Å². The van der Waals surface area contributed by atoms with Crippen LogP contribution in [0.5, 0.6) is 0 Å². The fourth-order valence-electron chi connectivity index (χ4n) is 2.44. The highest BCUT2D eigenvalue weighted by molar-refractivity contribution is 7.89. The number of carbonyl (C=O) groups is 1. The average molecular weight is 355 g/mol. The Labute approximate surface area is 143 Å². The number of carbonyl (C=O) groups excluding carboxylic acids is 1. The van der Waals surface area contributed by atoms with E-state index in [0.717, 1.165) is 6.54 Å². The number of hydrogen-bond donors (Lipinski definition) is 1. The van der Waals surface area contributed by atoms with Crippen molar-refractivity contribution in [2.75, 3.05) is 53.5 Å². The van der Waals surface area contributed by atoms with Gasteiger partial charge in [-0.05, 0) is 38.7 Å². The second kappa shape index (κ2) is 8.06. The van der Waals surface area contributed by atoms with E-state index in [1.54, 1.807) is 19.1 Å². The number of benzene rings is 1. The molecule has 1 aromatic rings. The number of nitrogens with one attached hydrogen (secondary N) is 1. The summed E-state index contributed by atoms with van der Waals surface area (Å²) >= 11 is 0. The summed E-state index contributed by atoms with van der Waals surface area (Å²) in [5, 5.41) is 2.80. The SMILES string of the molecule is Cc1ccc(C(=O)NCCN(C)C)cc1S(=O)(=O)N1CCOCC1. The van der Waals surface area contributed by atoms with Gasteiger partial charge in [0.1, 0.15) is 0 Å². The minimum Gasteiger partial charge on any atom is -0.379 e. The maximum absolute atomic E-state index is 12.8. The van der Waals surface area contributed by atoms with Crippen LogP contribution >= 0.6 is 0 Å². The predicted octanol–water partition coefficient (Wildman–Crippen LogP) is 0.307. The Morgan fingerprint density at radius 3 is 2.58 bits per heavy atom. The third-order valence-electron chi connectivity index (χ3n) is 3.88. The first-order valence-electron chi connectivity index (χ1n) is 7.94. The number of rotatable bonds is 6. The molecule has 1 aliphatic rings. The lowest BCUT2D eigenvalue weighted by Gasteiger charge is -2.26. The molecule has 1 aliphatic heterocycles. The second-order valence-corrected chi connectivity index (χ2v) is 7.96. The van der Waals surface area contributed by atoms with Crippen LogP contribution in [0, 0.1) is 6.92 Å². The highest BCUT2D eigenvalue weighted by Crippen LogP contribution is 2.22. The first-order valence-corrected chi connectivity index (χ1v) is 9.38. The Kier molecular flexibility index (Phi) is 6.34. The Hall–Kier alpha value is -1.48. The van der Waals surface area contributed by atoms with Gasteiger partial charge in [0.15, 0.2) is 0 Å². The fraction of sp³-hybridized carbons (Fsp3) is 0.562. The Bertz CT molecular complexity index is 683. The number of sulfonamides is 1. The minimum absolute atomic E-state index is 0.185. The Balaban J connectivity index is 2.20. The maximum Gasteiger partial charge on any atom is 0.251 e. The van der Waals surface area contributed by atoms with Crippen molar-refractivity contribution in [3.63, 3.8) is 0 Å². The molecule has 2 rings (SSSR count). The van der Waals surface area contributed by atoms with Crippen LogP contribution in [-0.4, -0.2) is 77.0 Å².